The van der Waals surface area contributed by atoms with Gasteiger partial charge in [-0.15, -0.1) is 11.3 Å². The van der Waals surface area contributed by atoms with Crippen LogP contribution >= 0.6 is 22.9 Å². The van der Waals surface area contributed by atoms with Gasteiger partial charge >= 0.3 is 0 Å². The molecule has 0 fully saturated rings. The number of aryl methyl sites for hydroxylation is 1. The Morgan fingerprint density at radius 1 is 1.42 bits per heavy atom. The van der Waals surface area contributed by atoms with E-state index in [1.54, 1.807) is 25.1 Å². The second-order valence-corrected chi connectivity index (χ2v) is 7.30. The van der Waals surface area contributed by atoms with Crippen LogP contribution in [0.2, 0.25) is 5.02 Å². The number of hydrogen-bond acceptors (Lipinski definition) is 5. The highest BCUT2D eigenvalue weighted by Gasteiger charge is 2.20. The number of thiophene rings is 1. The van der Waals surface area contributed by atoms with E-state index in [1.165, 1.54) is 29.3 Å². The molecule has 0 aliphatic rings. The van der Waals surface area contributed by atoms with Gasteiger partial charge in [0.05, 0.1) is 24.5 Å². The number of nitrogens with zero attached hydrogens (tertiary/aromatic N) is 2. The molecule has 3 aromatic rings. The van der Waals surface area contributed by atoms with Gasteiger partial charge in [0.25, 0.3) is 5.56 Å². The van der Waals surface area contributed by atoms with Crippen molar-refractivity contribution >= 4 is 44.7 Å². The van der Waals surface area contributed by atoms with Gasteiger partial charge in [-0.1, -0.05) is 18.5 Å². The molecule has 0 bridgehead atoms. The molecule has 6 nitrogen and oxygen atoms in total. The number of hydrogen-bond donors (Lipinski definition) is 1. The van der Waals surface area contributed by atoms with Crippen LogP contribution in [0.4, 0.5) is 5.69 Å². The number of carbonyl (C=O) groups is 1. The number of methoxy groups -OCH3 is 1. The van der Waals surface area contributed by atoms with Crippen LogP contribution in [0.5, 0.6) is 5.75 Å². The number of rotatable bonds is 5. The zero-order chi connectivity index (χ0) is 18.8. The number of fused-ring (bicyclic) bond motifs is 1. The Morgan fingerprint density at radius 3 is 2.88 bits per heavy atom. The molecule has 2 aromatic heterocycles. The third-order valence-corrected chi connectivity index (χ3v) is 5.51. The first-order chi connectivity index (χ1) is 12.4. The van der Waals surface area contributed by atoms with Gasteiger partial charge in [-0.3, -0.25) is 14.2 Å². The topological polar surface area (TPSA) is 73.2 Å². The maximum absolute atomic E-state index is 12.7. The summed E-state index contributed by atoms with van der Waals surface area (Å²) >= 11 is 7.48. The second kappa shape index (κ2) is 7.47. The summed E-state index contributed by atoms with van der Waals surface area (Å²) in [5.74, 6) is 0.126. The number of ether oxygens (including phenoxy) is 1. The molecule has 1 N–H and O–H groups in total. The first-order valence-corrected chi connectivity index (χ1v) is 9.28. The summed E-state index contributed by atoms with van der Waals surface area (Å²) in [6, 6.07) is 6.04. The fourth-order valence-corrected chi connectivity index (χ4v) is 3.68. The monoisotopic (exact) mass is 391 g/mol. The molecule has 136 valence electrons. The molecule has 1 amide bonds. The smallest absolute Gasteiger partial charge is 0.262 e. The zero-order valence-corrected chi connectivity index (χ0v) is 16.1. The van der Waals surface area contributed by atoms with Gasteiger partial charge in [-0.05, 0) is 37.6 Å². The summed E-state index contributed by atoms with van der Waals surface area (Å²) in [7, 11) is 1.51. The van der Waals surface area contributed by atoms with E-state index in [0.717, 1.165) is 11.3 Å². The van der Waals surface area contributed by atoms with Gasteiger partial charge in [-0.2, -0.15) is 0 Å². The minimum atomic E-state index is -0.743. The summed E-state index contributed by atoms with van der Waals surface area (Å²) in [5.41, 5.74) is 0.217. The van der Waals surface area contributed by atoms with E-state index in [1.807, 2.05) is 13.0 Å². The Kier molecular flexibility index (Phi) is 5.29. The Morgan fingerprint density at radius 2 is 2.19 bits per heavy atom. The van der Waals surface area contributed by atoms with Gasteiger partial charge < -0.3 is 10.1 Å². The SMILES string of the molecule is CCc1cc2c(=O)n([C@H](C)C(=O)Nc3cc(Cl)ccc3OC)cnc2s1. The average Bonchev–Trinajstić information content (AvgIpc) is 3.06. The number of amides is 1. The number of benzene rings is 1. The van der Waals surface area contributed by atoms with Gasteiger partial charge in [0, 0.05) is 9.90 Å². The van der Waals surface area contributed by atoms with Crippen LogP contribution in [-0.4, -0.2) is 22.6 Å². The molecule has 1 aromatic carbocycles. The maximum Gasteiger partial charge on any atom is 0.262 e. The van der Waals surface area contributed by atoms with Crippen LogP contribution < -0.4 is 15.6 Å². The third kappa shape index (κ3) is 3.45. The second-order valence-electron chi connectivity index (χ2n) is 5.75. The number of halogens is 1. The highest BCUT2D eigenvalue weighted by Crippen LogP contribution is 2.28. The van der Waals surface area contributed by atoms with E-state index in [2.05, 4.69) is 10.3 Å². The first-order valence-electron chi connectivity index (χ1n) is 8.08. The number of carbonyl (C=O) groups excluding carboxylic acids is 1. The van der Waals surface area contributed by atoms with Crippen molar-refractivity contribution in [3.63, 3.8) is 0 Å². The van der Waals surface area contributed by atoms with E-state index in [4.69, 9.17) is 16.3 Å². The predicted molar refractivity (Wildman–Crippen MR) is 105 cm³/mol. The Labute approximate surface area is 159 Å². The summed E-state index contributed by atoms with van der Waals surface area (Å²) in [5, 5.41) is 3.77. The van der Waals surface area contributed by atoms with Crippen LogP contribution in [-0.2, 0) is 11.2 Å². The Balaban J connectivity index is 1.91. The molecular formula is C18H18ClN3O3S. The third-order valence-electron chi connectivity index (χ3n) is 4.09. The number of aromatic nitrogens is 2. The largest absolute Gasteiger partial charge is 0.495 e. The molecule has 0 unspecified atom stereocenters. The van der Waals surface area contributed by atoms with E-state index < -0.39 is 6.04 Å². The molecule has 2 heterocycles. The lowest BCUT2D eigenvalue weighted by Gasteiger charge is -2.16. The van der Waals surface area contributed by atoms with Crippen molar-refractivity contribution < 1.29 is 9.53 Å². The van der Waals surface area contributed by atoms with Gasteiger partial charge in [0.2, 0.25) is 5.91 Å². The number of anilines is 1. The molecule has 26 heavy (non-hydrogen) atoms. The maximum atomic E-state index is 12.7. The predicted octanol–water partition coefficient (Wildman–Crippen LogP) is 3.88. The Hall–Kier alpha value is -2.38. The minimum Gasteiger partial charge on any atom is -0.495 e. The van der Waals surface area contributed by atoms with Crippen LogP contribution in [0.15, 0.2) is 35.4 Å². The zero-order valence-electron chi connectivity index (χ0n) is 14.6. The van der Waals surface area contributed by atoms with Gasteiger partial charge in [0.1, 0.15) is 16.6 Å². The lowest BCUT2D eigenvalue weighted by Crippen LogP contribution is -2.31. The fourth-order valence-electron chi connectivity index (χ4n) is 2.58. The fraction of sp³-hybridized carbons (Fsp3) is 0.278. The lowest BCUT2D eigenvalue weighted by molar-refractivity contribution is -0.118. The molecule has 0 aliphatic heterocycles. The van der Waals surface area contributed by atoms with Crippen molar-refractivity contribution in [3.8, 4) is 5.75 Å². The molecule has 0 spiro atoms. The summed E-state index contributed by atoms with van der Waals surface area (Å²) in [6.07, 6.45) is 2.26. The molecule has 3 rings (SSSR count). The lowest BCUT2D eigenvalue weighted by atomic mass is 10.2. The average molecular weight is 392 g/mol. The van der Waals surface area contributed by atoms with Gasteiger partial charge in [0.15, 0.2) is 0 Å². The van der Waals surface area contributed by atoms with Gasteiger partial charge in [-0.25, -0.2) is 4.98 Å². The molecule has 0 saturated carbocycles. The highest BCUT2D eigenvalue weighted by atomic mass is 35.5. The van der Waals surface area contributed by atoms with Crippen molar-refractivity contribution in [2.75, 3.05) is 12.4 Å². The van der Waals surface area contributed by atoms with Crippen molar-refractivity contribution in [2.24, 2.45) is 0 Å². The highest BCUT2D eigenvalue weighted by molar-refractivity contribution is 7.18. The number of nitrogens with one attached hydrogen (secondary N) is 1. The molecule has 1 atom stereocenters. The van der Waals surface area contributed by atoms with Crippen molar-refractivity contribution in [1.82, 2.24) is 9.55 Å². The molecule has 0 saturated heterocycles. The Bertz CT molecular complexity index is 1030. The minimum absolute atomic E-state index is 0.230. The molecule has 8 heteroatoms. The normalized spacial score (nSPS) is 12.2. The van der Waals surface area contributed by atoms with Crippen LogP contribution in [0, 0.1) is 0 Å². The van der Waals surface area contributed by atoms with E-state index >= 15 is 0 Å². The van der Waals surface area contributed by atoms with E-state index in [-0.39, 0.29) is 11.5 Å². The quantitative estimate of drug-likeness (QED) is 0.716. The standard InChI is InChI=1S/C18H18ClN3O3S/c1-4-12-8-13-17(26-12)20-9-22(18(13)24)10(2)16(23)21-14-7-11(19)5-6-15(14)25-3/h5-10H,4H2,1-3H3,(H,21,23)/t10-/m1/s1. The summed E-state index contributed by atoms with van der Waals surface area (Å²) < 4.78 is 6.56. The van der Waals surface area contributed by atoms with E-state index in [0.29, 0.717) is 26.7 Å². The van der Waals surface area contributed by atoms with Crippen molar-refractivity contribution in [1.29, 1.82) is 0 Å². The molecule has 0 aliphatic carbocycles. The van der Waals surface area contributed by atoms with Crippen LogP contribution in [0.1, 0.15) is 24.8 Å². The first kappa shape index (κ1) is 18.4. The van der Waals surface area contributed by atoms with Crippen molar-refractivity contribution in [3.05, 3.63) is 50.8 Å². The van der Waals surface area contributed by atoms with E-state index in [9.17, 15) is 9.59 Å². The summed E-state index contributed by atoms with van der Waals surface area (Å²) in [6.45, 7) is 3.67. The van der Waals surface area contributed by atoms with Crippen LogP contribution in [0.25, 0.3) is 10.2 Å². The molecule has 0 radical (unpaired) electrons. The van der Waals surface area contributed by atoms with Crippen LogP contribution in [0.3, 0.4) is 0 Å². The molecular weight excluding hydrogens is 374 g/mol. The summed E-state index contributed by atoms with van der Waals surface area (Å²) in [4.78, 5) is 31.5. The van der Waals surface area contributed by atoms with Crippen molar-refractivity contribution in [2.45, 2.75) is 26.3 Å².